The van der Waals surface area contributed by atoms with Crippen LogP contribution in [0.2, 0.25) is 0 Å². The molecule has 0 radical (unpaired) electrons. The van der Waals surface area contributed by atoms with Gasteiger partial charge >= 0.3 is 0 Å². The van der Waals surface area contributed by atoms with Crippen LogP contribution in [0.1, 0.15) is 11.3 Å². The number of nitrogens with one attached hydrogen (secondary N) is 1. The smallest absolute Gasteiger partial charge is 0.231 e. The number of hydrogen-bond acceptors (Lipinski definition) is 6. The lowest BCUT2D eigenvalue weighted by Crippen LogP contribution is -2.16. The molecule has 0 fully saturated rings. The molecule has 102 valence electrons. The summed E-state index contributed by atoms with van der Waals surface area (Å²) in [7, 11) is 0. The molecule has 0 unspecified atom stereocenters. The van der Waals surface area contributed by atoms with E-state index in [-0.39, 0.29) is 11.8 Å². The second kappa shape index (κ2) is 5.30. The maximum absolute atomic E-state index is 5.61. The third-order valence-electron chi connectivity index (χ3n) is 2.83. The second-order valence-corrected chi connectivity index (χ2v) is 4.60. The molecule has 1 aliphatic rings. The molecule has 0 atom stereocenters. The number of thiocarbonyl (C=S) groups is 1. The molecule has 0 aliphatic carbocycles. The van der Waals surface area contributed by atoms with Gasteiger partial charge in [0.25, 0.3) is 0 Å². The van der Waals surface area contributed by atoms with Gasteiger partial charge in [-0.2, -0.15) is 0 Å². The summed E-state index contributed by atoms with van der Waals surface area (Å²) in [4.78, 5) is 8.52. The Balaban J connectivity index is 1.75. The molecule has 1 aromatic heterocycles. The van der Waals surface area contributed by atoms with E-state index >= 15 is 0 Å². The van der Waals surface area contributed by atoms with Gasteiger partial charge in [-0.25, -0.2) is 9.97 Å². The molecule has 2 aromatic rings. The molecule has 20 heavy (non-hydrogen) atoms. The van der Waals surface area contributed by atoms with Crippen LogP contribution in [0.15, 0.2) is 30.6 Å². The first-order chi connectivity index (χ1) is 9.74. The Hall–Kier alpha value is -2.41. The highest BCUT2D eigenvalue weighted by Gasteiger charge is 2.13. The summed E-state index contributed by atoms with van der Waals surface area (Å²) in [5, 5.41) is 3.16. The predicted molar refractivity (Wildman–Crippen MR) is 77.8 cm³/mol. The van der Waals surface area contributed by atoms with Crippen LogP contribution in [0.3, 0.4) is 0 Å². The lowest BCUT2D eigenvalue weighted by atomic mass is 10.2. The summed E-state index contributed by atoms with van der Waals surface area (Å²) in [6.45, 7) is 0.826. The Morgan fingerprint density at radius 2 is 2.05 bits per heavy atom. The summed E-state index contributed by atoms with van der Waals surface area (Å²) in [5.74, 6) is 2.08. The molecular weight excluding hydrogens is 276 g/mol. The molecule has 7 heteroatoms. The number of benzene rings is 1. The van der Waals surface area contributed by atoms with Gasteiger partial charge in [0, 0.05) is 18.9 Å². The van der Waals surface area contributed by atoms with Crippen molar-refractivity contribution in [1.82, 2.24) is 9.97 Å². The van der Waals surface area contributed by atoms with Gasteiger partial charge in [0.15, 0.2) is 17.3 Å². The van der Waals surface area contributed by atoms with Crippen molar-refractivity contribution in [3.05, 3.63) is 41.9 Å². The van der Waals surface area contributed by atoms with E-state index in [2.05, 4.69) is 15.3 Å². The average Bonchev–Trinajstić information content (AvgIpc) is 2.92. The zero-order chi connectivity index (χ0) is 13.9. The Labute approximate surface area is 120 Å². The zero-order valence-corrected chi connectivity index (χ0v) is 11.3. The average molecular weight is 288 g/mol. The number of fused-ring (bicyclic) bond motifs is 1. The number of hydrogen-bond donors (Lipinski definition) is 2. The molecule has 6 nitrogen and oxygen atoms in total. The number of anilines is 1. The number of nitrogens with two attached hydrogens (primary N) is 1. The predicted octanol–water partition coefficient (Wildman–Crippen LogP) is 1.45. The highest BCUT2D eigenvalue weighted by atomic mass is 32.1. The van der Waals surface area contributed by atoms with Gasteiger partial charge in [-0.05, 0) is 17.7 Å². The molecule has 2 heterocycles. The van der Waals surface area contributed by atoms with Crippen molar-refractivity contribution < 1.29 is 9.47 Å². The maximum Gasteiger partial charge on any atom is 0.231 e. The van der Waals surface area contributed by atoms with E-state index in [1.807, 2.05) is 18.2 Å². The Kier molecular flexibility index (Phi) is 3.34. The standard InChI is InChI=1S/C13H12N4O2S/c14-12(20)11-13(16-4-3-15-11)17-6-8-1-2-9-10(5-8)19-7-18-9/h1-5H,6-7H2,(H2,14,20)(H,16,17). The Morgan fingerprint density at radius 3 is 2.90 bits per heavy atom. The van der Waals surface area contributed by atoms with Crippen molar-refractivity contribution in [3.63, 3.8) is 0 Å². The minimum atomic E-state index is 0.214. The molecule has 0 bridgehead atoms. The van der Waals surface area contributed by atoms with Crippen molar-refractivity contribution in [2.24, 2.45) is 5.73 Å². The fourth-order valence-electron chi connectivity index (χ4n) is 1.88. The number of aromatic nitrogens is 2. The fourth-order valence-corrected chi connectivity index (χ4v) is 2.03. The third-order valence-corrected chi connectivity index (χ3v) is 3.02. The lowest BCUT2D eigenvalue weighted by Gasteiger charge is -2.09. The normalized spacial score (nSPS) is 12.2. The van der Waals surface area contributed by atoms with E-state index < -0.39 is 0 Å². The molecule has 3 rings (SSSR count). The minimum absolute atomic E-state index is 0.214. The van der Waals surface area contributed by atoms with Crippen molar-refractivity contribution in [3.8, 4) is 11.5 Å². The summed E-state index contributed by atoms with van der Waals surface area (Å²) in [6, 6.07) is 5.76. The highest BCUT2D eigenvalue weighted by Crippen LogP contribution is 2.32. The fraction of sp³-hybridized carbons (Fsp3) is 0.154. The van der Waals surface area contributed by atoms with Gasteiger partial charge in [-0.3, -0.25) is 0 Å². The third kappa shape index (κ3) is 2.48. The van der Waals surface area contributed by atoms with E-state index in [0.717, 1.165) is 17.1 Å². The molecule has 0 amide bonds. The molecular formula is C13H12N4O2S. The first kappa shape index (κ1) is 12.6. The van der Waals surface area contributed by atoms with Crippen LogP contribution in [0.5, 0.6) is 11.5 Å². The van der Waals surface area contributed by atoms with Crippen LogP contribution in [0.25, 0.3) is 0 Å². The topological polar surface area (TPSA) is 82.3 Å². The van der Waals surface area contributed by atoms with E-state index in [1.165, 1.54) is 0 Å². The SMILES string of the molecule is NC(=S)c1nccnc1NCc1ccc2c(c1)OCO2. The maximum atomic E-state index is 5.61. The number of nitrogens with zero attached hydrogens (tertiary/aromatic N) is 2. The molecule has 1 aromatic carbocycles. The van der Waals surface area contributed by atoms with Crippen LogP contribution in [-0.4, -0.2) is 21.7 Å². The van der Waals surface area contributed by atoms with E-state index in [1.54, 1.807) is 12.4 Å². The van der Waals surface area contributed by atoms with Crippen molar-refractivity contribution in [2.75, 3.05) is 12.1 Å². The number of rotatable bonds is 4. The van der Waals surface area contributed by atoms with Gasteiger partial charge in [-0.15, -0.1) is 0 Å². The monoisotopic (exact) mass is 288 g/mol. The zero-order valence-electron chi connectivity index (χ0n) is 10.5. The van der Waals surface area contributed by atoms with Crippen LogP contribution < -0.4 is 20.5 Å². The molecule has 3 N–H and O–H groups in total. The van der Waals surface area contributed by atoms with Crippen LogP contribution in [0.4, 0.5) is 5.82 Å². The quantitative estimate of drug-likeness (QED) is 0.824. The second-order valence-electron chi connectivity index (χ2n) is 4.16. The van der Waals surface area contributed by atoms with Crippen molar-refractivity contribution in [2.45, 2.75) is 6.54 Å². The van der Waals surface area contributed by atoms with Crippen molar-refractivity contribution in [1.29, 1.82) is 0 Å². The molecule has 1 aliphatic heterocycles. The minimum Gasteiger partial charge on any atom is -0.454 e. The molecule has 0 saturated heterocycles. The first-order valence-corrected chi connectivity index (χ1v) is 6.38. The Morgan fingerprint density at radius 1 is 1.25 bits per heavy atom. The molecule has 0 spiro atoms. The summed E-state index contributed by atoms with van der Waals surface area (Å²) in [5.41, 5.74) is 7.13. The first-order valence-electron chi connectivity index (χ1n) is 5.97. The van der Waals surface area contributed by atoms with Gasteiger partial charge in [0.1, 0.15) is 10.7 Å². The van der Waals surface area contributed by atoms with Gasteiger partial charge in [0.05, 0.1) is 0 Å². The summed E-state index contributed by atoms with van der Waals surface area (Å²) >= 11 is 4.94. The van der Waals surface area contributed by atoms with Crippen LogP contribution in [-0.2, 0) is 6.54 Å². The van der Waals surface area contributed by atoms with Gasteiger partial charge < -0.3 is 20.5 Å². The van der Waals surface area contributed by atoms with Gasteiger partial charge in [-0.1, -0.05) is 18.3 Å². The van der Waals surface area contributed by atoms with E-state index in [0.29, 0.717) is 18.1 Å². The van der Waals surface area contributed by atoms with Crippen LogP contribution >= 0.6 is 12.2 Å². The van der Waals surface area contributed by atoms with Crippen LogP contribution in [0, 0.1) is 0 Å². The van der Waals surface area contributed by atoms with E-state index in [4.69, 9.17) is 27.4 Å². The summed E-state index contributed by atoms with van der Waals surface area (Å²) < 4.78 is 10.6. The van der Waals surface area contributed by atoms with E-state index in [9.17, 15) is 0 Å². The largest absolute Gasteiger partial charge is 0.454 e. The molecule has 0 saturated carbocycles. The lowest BCUT2D eigenvalue weighted by molar-refractivity contribution is 0.174. The number of ether oxygens (including phenoxy) is 2. The van der Waals surface area contributed by atoms with Gasteiger partial charge in [0.2, 0.25) is 6.79 Å². The highest BCUT2D eigenvalue weighted by molar-refractivity contribution is 7.80. The summed E-state index contributed by atoms with van der Waals surface area (Å²) in [6.07, 6.45) is 3.14. The Bertz CT molecular complexity index is 663. The van der Waals surface area contributed by atoms with Crippen molar-refractivity contribution >= 4 is 23.0 Å².